The van der Waals surface area contributed by atoms with E-state index in [1.165, 1.54) is 11.8 Å². The van der Waals surface area contributed by atoms with Gasteiger partial charge in [0.1, 0.15) is 5.75 Å². The summed E-state index contributed by atoms with van der Waals surface area (Å²) in [5.74, 6) is 1.72. The third-order valence-corrected chi connectivity index (χ3v) is 5.44. The molecule has 152 valence electrons. The summed E-state index contributed by atoms with van der Waals surface area (Å²) in [7, 11) is 0. The molecule has 1 atom stereocenters. The summed E-state index contributed by atoms with van der Waals surface area (Å²) in [5, 5.41) is 12.8. The van der Waals surface area contributed by atoms with Gasteiger partial charge in [0, 0.05) is 18.1 Å². The number of rotatable bonds is 9. The van der Waals surface area contributed by atoms with Crippen molar-refractivity contribution in [3.63, 3.8) is 0 Å². The molecular weight excluding hydrogens is 408 g/mol. The van der Waals surface area contributed by atoms with E-state index in [4.69, 9.17) is 16.3 Å². The van der Waals surface area contributed by atoms with Crippen molar-refractivity contribution in [1.29, 1.82) is 0 Å². The number of thioether (sulfide) groups is 1. The molecule has 0 radical (unpaired) electrons. The van der Waals surface area contributed by atoms with E-state index in [0.29, 0.717) is 23.3 Å². The molecule has 0 aliphatic carbocycles. The number of nitrogens with one attached hydrogen (secondary N) is 1. The summed E-state index contributed by atoms with van der Waals surface area (Å²) in [5.41, 5.74) is 0.999. The van der Waals surface area contributed by atoms with Gasteiger partial charge in [-0.3, -0.25) is 4.79 Å². The second kappa shape index (κ2) is 10.3. The molecule has 3 rings (SSSR count). The van der Waals surface area contributed by atoms with Crippen LogP contribution in [0.25, 0.3) is 0 Å². The Labute approximate surface area is 179 Å². The fourth-order valence-electron chi connectivity index (χ4n) is 2.74. The Morgan fingerprint density at radius 2 is 1.90 bits per heavy atom. The number of benzene rings is 2. The Morgan fingerprint density at radius 3 is 2.59 bits per heavy atom. The van der Waals surface area contributed by atoms with Gasteiger partial charge in [0.05, 0.1) is 5.75 Å². The maximum absolute atomic E-state index is 12.2. The van der Waals surface area contributed by atoms with E-state index in [9.17, 15) is 4.79 Å². The van der Waals surface area contributed by atoms with Crippen LogP contribution in [0.5, 0.6) is 5.75 Å². The second-order valence-electron chi connectivity index (χ2n) is 6.35. The predicted octanol–water partition coefficient (Wildman–Crippen LogP) is 4.50. The lowest BCUT2D eigenvalue weighted by Crippen LogP contribution is -2.24. The molecule has 1 aromatic heterocycles. The maximum atomic E-state index is 12.2. The summed E-state index contributed by atoms with van der Waals surface area (Å²) < 4.78 is 7.93. The zero-order valence-electron chi connectivity index (χ0n) is 16.3. The SMILES string of the molecule is CCn1c(SCC(=O)NCc2ccc(Cl)cc2)nnc1C(C)Oc1ccccc1. The molecule has 0 saturated carbocycles. The summed E-state index contributed by atoms with van der Waals surface area (Å²) >= 11 is 7.24. The van der Waals surface area contributed by atoms with E-state index in [-0.39, 0.29) is 17.8 Å². The molecule has 3 aromatic rings. The Bertz CT molecular complexity index is 932. The highest BCUT2D eigenvalue weighted by molar-refractivity contribution is 7.99. The van der Waals surface area contributed by atoms with Crippen molar-refractivity contribution in [3.05, 3.63) is 71.0 Å². The third kappa shape index (κ3) is 5.98. The van der Waals surface area contributed by atoms with E-state index in [0.717, 1.165) is 17.1 Å². The molecule has 0 spiro atoms. The molecule has 1 heterocycles. The fourth-order valence-corrected chi connectivity index (χ4v) is 3.71. The van der Waals surface area contributed by atoms with Gasteiger partial charge in [0.25, 0.3) is 0 Å². The first-order valence-electron chi connectivity index (χ1n) is 9.35. The predicted molar refractivity (Wildman–Crippen MR) is 115 cm³/mol. The first-order valence-corrected chi connectivity index (χ1v) is 10.7. The van der Waals surface area contributed by atoms with Crippen LogP contribution in [0, 0.1) is 0 Å². The zero-order chi connectivity index (χ0) is 20.6. The normalized spacial score (nSPS) is 11.8. The van der Waals surface area contributed by atoms with Crippen LogP contribution >= 0.6 is 23.4 Å². The molecule has 1 N–H and O–H groups in total. The molecule has 29 heavy (non-hydrogen) atoms. The topological polar surface area (TPSA) is 69.0 Å². The first kappa shape index (κ1) is 21.2. The average molecular weight is 431 g/mol. The monoisotopic (exact) mass is 430 g/mol. The number of hydrogen-bond acceptors (Lipinski definition) is 5. The minimum atomic E-state index is -0.252. The molecule has 1 amide bonds. The third-order valence-electron chi connectivity index (χ3n) is 4.22. The number of para-hydroxylation sites is 1. The van der Waals surface area contributed by atoms with Crippen LogP contribution in [-0.4, -0.2) is 26.4 Å². The van der Waals surface area contributed by atoms with Crippen LogP contribution < -0.4 is 10.1 Å². The molecule has 0 aliphatic heterocycles. The minimum absolute atomic E-state index is 0.0641. The van der Waals surface area contributed by atoms with Crippen LogP contribution in [0.1, 0.15) is 31.3 Å². The number of carbonyl (C=O) groups is 1. The molecule has 2 aromatic carbocycles. The van der Waals surface area contributed by atoms with Crippen molar-refractivity contribution >= 4 is 29.3 Å². The van der Waals surface area contributed by atoms with Crippen LogP contribution in [0.4, 0.5) is 0 Å². The van der Waals surface area contributed by atoms with Crippen molar-refractivity contribution in [2.75, 3.05) is 5.75 Å². The van der Waals surface area contributed by atoms with Gasteiger partial charge >= 0.3 is 0 Å². The molecule has 1 unspecified atom stereocenters. The number of nitrogens with zero attached hydrogens (tertiary/aromatic N) is 3. The van der Waals surface area contributed by atoms with Crippen LogP contribution in [0.15, 0.2) is 59.8 Å². The Kier molecular flexibility index (Phi) is 7.55. The molecule has 0 aliphatic rings. The first-order chi connectivity index (χ1) is 14.1. The molecule has 0 saturated heterocycles. The lowest BCUT2D eigenvalue weighted by Gasteiger charge is -2.15. The minimum Gasteiger partial charge on any atom is -0.483 e. The van der Waals surface area contributed by atoms with Gasteiger partial charge in [-0.2, -0.15) is 0 Å². The molecule has 8 heteroatoms. The number of carbonyl (C=O) groups excluding carboxylic acids is 1. The van der Waals surface area contributed by atoms with Crippen LogP contribution in [0.3, 0.4) is 0 Å². The van der Waals surface area contributed by atoms with Gasteiger partial charge in [-0.1, -0.05) is 53.7 Å². The quantitative estimate of drug-likeness (QED) is 0.506. The van der Waals surface area contributed by atoms with Gasteiger partial charge in [0.2, 0.25) is 5.91 Å². The van der Waals surface area contributed by atoms with Crippen LogP contribution in [-0.2, 0) is 17.9 Å². The van der Waals surface area contributed by atoms with E-state index in [2.05, 4.69) is 15.5 Å². The largest absolute Gasteiger partial charge is 0.483 e. The molecule has 0 fully saturated rings. The summed E-state index contributed by atoms with van der Waals surface area (Å²) in [4.78, 5) is 12.2. The van der Waals surface area contributed by atoms with E-state index < -0.39 is 0 Å². The average Bonchev–Trinajstić information content (AvgIpc) is 3.15. The van der Waals surface area contributed by atoms with Gasteiger partial charge < -0.3 is 14.6 Å². The van der Waals surface area contributed by atoms with E-state index in [1.54, 1.807) is 0 Å². The van der Waals surface area contributed by atoms with Crippen LogP contribution in [0.2, 0.25) is 5.02 Å². The molecular formula is C21H23ClN4O2S. The summed E-state index contributed by atoms with van der Waals surface area (Å²) in [6, 6.07) is 17.0. The Balaban J connectivity index is 1.55. The maximum Gasteiger partial charge on any atom is 0.230 e. The van der Waals surface area contributed by atoms with Gasteiger partial charge in [-0.25, -0.2) is 0 Å². The van der Waals surface area contributed by atoms with E-state index in [1.807, 2.05) is 73.0 Å². The highest BCUT2D eigenvalue weighted by Gasteiger charge is 2.19. The summed E-state index contributed by atoms with van der Waals surface area (Å²) in [6.07, 6.45) is -0.252. The van der Waals surface area contributed by atoms with Crippen molar-refractivity contribution in [1.82, 2.24) is 20.1 Å². The lowest BCUT2D eigenvalue weighted by atomic mass is 10.2. The standard InChI is InChI=1S/C21H23ClN4O2S/c1-3-26-20(15(2)28-18-7-5-4-6-8-18)24-25-21(26)29-14-19(27)23-13-16-9-11-17(22)12-10-16/h4-12,15H,3,13-14H2,1-2H3,(H,23,27). The molecule has 6 nitrogen and oxygen atoms in total. The van der Waals surface area contributed by atoms with Crippen molar-refractivity contribution < 1.29 is 9.53 Å². The highest BCUT2D eigenvalue weighted by Crippen LogP contribution is 2.24. The van der Waals surface area contributed by atoms with Gasteiger partial charge in [-0.05, 0) is 43.7 Å². The summed E-state index contributed by atoms with van der Waals surface area (Å²) in [6.45, 7) is 5.12. The van der Waals surface area contributed by atoms with Gasteiger partial charge in [0.15, 0.2) is 17.1 Å². The van der Waals surface area contributed by atoms with Crippen molar-refractivity contribution in [2.45, 2.75) is 38.2 Å². The smallest absolute Gasteiger partial charge is 0.230 e. The zero-order valence-corrected chi connectivity index (χ0v) is 17.9. The second-order valence-corrected chi connectivity index (χ2v) is 7.73. The van der Waals surface area contributed by atoms with Crippen molar-refractivity contribution in [2.24, 2.45) is 0 Å². The van der Waals surface area contributed by atoms with Gasteiger partial charge in [-0.15, -0.1) is 10.2 Å². The number of hydrogen-bond donors (Lipinski definition) is 1. The fraction of sp³-hybridized carbons (Fsp3) is 0.286. The van der Waals surface area contributed by atoms with Crippen molar-refractivity contribution in [3.8, 4) is 5.75 Å². The highest BCUT2D eigenvalue weighted by atomic mass is 35.5. The van der Waals surface area contributed by atoms with E-state index >= 15 is 0 Å². The Hall–Kier alpha value is -2.51. The number of amides is 1. The number of halogens is 1. The molecule has 0 bridgehead atoms. The number of ether oxygens (including phenoxy) is 1. The Morgan fingerprint density at radius 1 is 1.17 bits per heavy atom. The lowest BCUT2D eigenvalue weighted by molar-refractivity contribution is -0.118. The number of aromatic nitrogens is 3.